The van der Waals surface area contributed by atoms with Crippen molar-refractivity contribution in [2.24, 2.45) is 0 Å². The Hall–Kier alpha value is -2.05. The third-order valence-corrected chi connectivity index (χ3v) is 5.99. The third-order valence-electron chi connectivity index (χ3n) is 4.89. The Kier molecular flexibility index (Phi) is 6.74. The van der Waals surface area contributed by atoms with Crippen LogP contribution in [-0.2, 0) is 12.3 Å². The van der Waals surface area contributed by atoms with Crippen LogP contribution >= 0.6 is 11.8 Å². The summed E-state index contributed by atoms with van der Waals surface area (Å²) in [4.78, 5) is 9.22. The van der Waals surface area contributed by atoms with Gasteiger partial charge >= 0.3 is 0 Å². The van der Waals surface area contributed by atoms with E-state index in [1.54, 1.807) is 18.9 Å². The first-order chi connectivity index (χ1) is 13.1. The Morgan fingerprint density at radius 2 is 1.96 bits per heavy atom. The van der Waals surface area contributed by atoms with E-state index >= 15 is 0 Å². The molecule has 0 atom stereocenters. The monoisotopic (exact) mass is 384 g/mol. The molecule has 1 N–H and O–H groups in total. The lowest BCUT2D eigenvalue weighted by Gasteiger charge is -2.35. The minimum Gasteiger partial charge on any atom is -0.496 e. The van der Waals surface area contributed by atoms with E-state index in [4.69, 9.17) is 10.1 Å². The van der Waals surface area contributed by atoms with Crippen molar-refractivity contribution in [3.8, 4) is 5.75 Å². The lowest BCUT2D eigenvalue weighted by Crippen LogP contribution is -2.47. The second-order valence-corrected chi connectivity index (χ2v) is 7.88. The van der Waals surface area contributed by atoms with E-state index in [2.05, 4.69) is 39.9 Å². The number of piperazine rings is 1. The van der Waals surface area contributed by atoms with Gasteiger partial charge < -0.3 is 9.64 Å². The van der Waals surface area contributed by atoms with Crippen LogP contribution in [0, 0.1) is 12.3 Å². The topological polar surface area (TPSA) is 52.5 Å². The molecule has 0 bridgehead atoms. The average Bonchev–Trinajstić information content (AvgIpc) is 2.68. The lowest BCUT2D eigenvalue weighted by atomic mass is 10.1. The number of hydrogen-bond donors (Lipinski definition) is 1. The summed E-state index contributed by atoms with van der Waals surface area (Å²) in [6, 6.07) is 10.5. The number of nitrogens with zero attached hydrogens (tertiary/aromatic N) is 3. The van der Waals surface area contributed by atoms with Crippen LogP contribution in [0.1, 0.15) is 23.6 Å². The molecular formula is C21H28N4OS. The van der Waals surface area contributed by atoms with Crippen LogP contribution < -0.4 is 4.74 Å². The number of aryl methyl sites for hydroxylation is 1. The first-order valence-corrected chi connectivity index (χ1v) is 10.3. The van der Waals surface area contributed by atoms with Crippen molar-refractivity contribution in [3.63, 3.8) is 0 Å². The molecule has 1 saturated heterocycles. The van der Waals surface area contributed by atoms with Gasteiger partial charge in [0.1, 0.15) is 10.8 Å². The number of methoxy groups -OCH3 is 1. The normalized spacial score (nSPS) is 15.0. The number of rotatable bonds is 6. The molecule has 1 aromatic carbocycles. The molecule has 0 radical (unpaired) electrons. The maximum absolute atomic E-state index is 7.78. The quantitative estimate of drug-likeness (QED) is 0.466. The van der Waals surface area contributed by atoms with Crippen molar-refractivity contribution in [3.05, 3.63) is 53.2 Å². The smallest absolute Gasteiger partial charge is 0.122 e. The van der Waals surface area contributed by atoms with Gasteiger partial charge in [0.15, 0.2) is 0 Å². The highest BCUT2D eigenvalue weighted by Crippen LogP contribution is 2.30. The zero-order valence-corrected chi connectivity index (χ0v) is 17.2. The van der Waals surface area contributed by atoms with E-state index in [1.165, 1.54) is 16.7 Å². The van der Waals surface area contributed by atoms with Crippen LogP contribution in [0.3, 0.4) is 0 Å². The molecule has 0 aliphatic carbocycles. The molecule has 5 nitrogen and oxygen atoms in total. The minimum absolute atomic E-state index is 0.666. The molecule has 3 rings (SSSR count). The molecule has 1 aliphatic heterocycles. The van der Waals surface area contributed by atoms with Gasteiger partial charge in [0, 0.05) is 50.2 Å². The van der Waals surface area contributed by atoms with Gasteiger partial charge in [0.2, 0.25) is 0 Å². The van der Waals surface area contributed by atoms with Crippen LogP contribution in [0.25, 0.3) is 0 Å². The molecule has 0 unspecified atom stereocenters. The summed E-state index contributed by atoms with van der Waals surface area (Å²) in [5, 5.41) is 8.87. The fraction of sp³-hybridized carbons (Fsp3) is 0.429. The average molecular weight is 385 g/mol. The van der Waals surface area contributed by atoms with Crippen molar-refractivity contribution in [2.45, 2.75) is 31.2 Å². The number of thioether (sulfide) groups is 1. The first kappa shape index (κ1) is 19.7. The molecular weight excluding hydrogens is 356 g/mol. The molecule has 0 saturated carbocycles. The van der Waals surface area contributed by atoms with E-state index in [1.807, 2.05) is 25.3 Å². The highest BCUT2D eigenvalue weighted by atomic mass is 32.2. The first-order valence-electron chi connectivity index (χ1n) is 9.29. The number of nitrogens with one attached hydrogen (secondary N) is 1. The molecule has 1 aliphatic rings. The summed E-state index contributed by atoms with van der Waals surface area (Å²) < 4.78 is 5.51. The standard InChI is InChI=1S/C21H28N4OS/c1-16-6-7-20(26-3)19(13-16)15-27-21-18(5-4-8-23-21)14-24-9-11-25(12-10-24)17(2)22/h4-8,13,22H,9-12,14-15H2,1-3H3. The number of amidine groups is 1. The van der Waals surface area contributed by atoms with Crippen LogP contribution in [0.4, 0.5) is 0 Å². The van der Waals surface area contributed by atoms with Crippen molar-refractivity contribution in [1.29, 1.82) is 5.41 Å². The molecule has 0 amide bonds. The van der Waals surface area contributed by atoms with Gasteiger partial charge in [0.05, 0.1) is 12.9 Å². The number of aromatic nitrogens is 1. The van der Waals surface area contributed by atoms with Crippen molar-refractivity contribution in [2.75, 3.05) is 33.3 Å². The molecule has 2 aromatic rings. The van der Waals surface area contributed by atoms with E-state index in [0.717, 1.165) is 49.3 Å². The summed E-state index contributed by atoms with van der Waals surface area (Å²) >= 11 is 1.77. The van der Waals surface area contributed by atoms with E-state index in [9.17, 15) is 0 Å². The maximum Gasteiger partial charge on any atom is 0.122 e. The summed E-state index contributed by atoms with van der Waals surface area (Å²) in [7, 11) is 1.72. The Morgan fingerprint density at radius 1 is 1.19 bits per heavy atom. The van der Waals surface area contributed by atoms with Crippen molar-refractivity contribution >= 4 is 17.6 Å². The minimum atomic E-state index is 0.666. The fourth-order valence-electron chi connectivity index (χ4n) is 3.32. The Balaban J connectivity index is 1.65. The van der Waals surface area contributed by atoms with Crippen LogP contribution in [-0.4, -0.2) is 53.9 Å². The van der Waals surface area contributed by atoms with E-state index in [-0.39, 0.29) is 0 Å². The second kappa shape index (κ2) is 9.24. The van der Waals surface area contributed by atoms with Crippen molar-refractivity contribution < 1.29 is 4.74 Å². The molecule has 1 fully saturated rings. The zero-order valence-electron chi connectivity index (χ0n) is 16.4. The summed E-state index contributed by atoms with van der Waals surface area (Å²) in [5.74, 6) is 2.44. The zero-order chi connectivity index (χ0) is 19.2. The van der Waals surface area contributed by atoms with Gasteiger partial charge in [0.25, 0.3) is 0 Å². The van der Waals surface area contributed by atoms with E-state index in [0.29, 0.717) is 5.84 Å². The van der Waals surface area contributed by atoms with Crippen LogP contribution in [0.15, 0.2) is 41.6 Å². The summed E-state index contributed by atoms with van der Waals surface area (Å²) in [6.07, 6.45) is 1.87. The van der Waals surface area contributed by atoms with Crippen LogP contribution in [0.2, 0.25) is 0 Å². The predicted molar refractivity (Wildman–Crippen MR) is 112 cm³/mol. The van der Waals surface area contributed by atoms with Gasteiger partial charge in [-0.1, -0.05) is 23.8 Å². The molecule has 1 aromatic heterocycles. The number of pyridine rings is 1. The van der Waals surface area contributed by atoms with Gasteiger partial charge in [-0.2, -0.15) is 0 Å². The van der Waals surface area contributed by atoms with Crippen LogP contribution in [0.5, 0.6) is 5.75 Å². The lowest BCUT2D eigenvalue weighted by molar-refractivity contribution is 0.173. The Labute approximate surface area is 166 Å². The fourth-order valence-corrected chi connectivity index (χ4v) is 4.29. The third kappa shape index (κ3) is 5.23. The van der Waals surface area contributed by atoms with E-state index < -0.39 is 0 Å². The van der Waals surface area contributed by atoms with Gasteiger partial charge in [-0.15, -0.1) is 11.8 Å². The maximum atomic E-state index is 7.78. The summed E-state index contributed by atoms with van der Waals surface area (Å²) in [6.45, 7) is 8.71. The molecule has 144 valence electrons. The van der Waals surface area contributed by atoms with Gasteiger partial charge in [-0.05, 0) is 31.5 Å². The largest absolute Gasteiger partial charge is 0.496 e. The van der Waals surface area contributed by atoms with Gasteiger partial charge in [-0.25, -0.2) is 4.98 Å². The number of hydrogen-bond acceptors (Lipinski definition) is 5. The molecule has 2 heterocycles. The highest BCUT2D eigenvalue weighted by molar-refractivity contribution is 7.98. The van der Waals surface area contributed by atoms with Gasteiger partial charge in [-0.3, -0.25) is 10.3 Å². The predicted octanol–water partition coefficient (Wildman–Crippen LogP) is 3.81. The molecule has 6 heteroatoms. The SMILES string of the molecule is COc1ccc(C)cc1CSc1ncccc1CN1CCN(C(C)=N)CC1. The molecule has 0 spiro atoms. The molecule has 27 heavy (non-hydrogen) atoms. The Bertz CT molecular complexity index is 788. The summed E-state index contributed by atoms with van der Waals surface area (Å²) in [5.41, 5.74) is 3.72. The number of ether oxygens (including phenoxy) is 1. The second-order valence-electron chi connectivity index (χ2n) is 6.92. The van der Waals surface area contributed by atoms with Crippen molar-refractivity contribution in [1.82, 2.24) is 14.8 Å². The number of benzene rings is 1. The highest BCUT2D eigenvalue weighted by Gasteiger charge is 2.18. The Morgan fingerprint density at radius 3 is 2.67 bits per heavy atom.